The van der Waals surface area contributed by atoms with Gasteiger partial charge in [-0.05, 0) is 12.8 Å². The van der Waals surface area contributed by atoms with E-state index >= 15 is 0 Å². The highest BCUT2D eigenvalue weighted by atomic mass is 16.5. The lowest BCUT2D eigenvalue weighted by atomic mass is 9.80. The van der Waals surface area contributed by atoms with Crippen molar-refractivity contribution in [1.82, 2.24) is 0 Å². The van der Waals surface area contributed by atoms with Gasteiger partial charge in [0.2, 0.25) is 6.08 Å². The highest BCUT2D eigenvalue weighted by molar-refractivity contribution is 5.32. The molecule has 0 unspecified atom stereocenters. The molecule has 0 aromatic carbocycles. The molecule has 0 aromatic rings. The van der Waals surface area contributed by atoms with E-state index in [9.17, 15) is 4.79 Å². The first-order valence-electron chi connectivity index (χ1n) is 3.94. The smallest absolute Gasteiger partial charge is 0.234 e. The molecule has 3 nitrogen and oxygen atoms in total. The monoisotopic (exact) mass is 155 g/mol. The van der Waals surface area contributed by atoms with E-state index in [1.807, 2.05) is 0 Å². The van der Waals surface area contributed by atoms with Crippen LogP contribution in [0.5, 0.6) is 0 Å². The molecule has 1 rings (SSSR count). The summed E-state index contributed by atoms with van der Waals surface area (Å²) in [6, 6.07) is 0. The molecule has 1 aliphatic heterocycles. The molecule has 11 heavy (non-hydrogen) atoms. The zero-order chi connectivity index (χ0) is 8.16. The van der Waals surface area contributed by atoms with Crippen molar-refractivity contribution in [3.05, 3.63) is 0 Å². The number of ether oxygens (including phenoxy) is 1. The minimum atomic E-state index is 0.320. The Kier molecular flexibility index (Phi) is 2.80. The summed E-state index contributed by atoms with van der Waals surface area (Å²) in [6.07, 6.45) is 3.62. The SMILES string of the molecule is CCC1(CCN=C=O)COC1. The van der Waals surface area contributed by atoms with Crippen LogP contribution in [-0.2, 0) is 9.53 Å². The summed E-state index contributed by atoms with van der Waals surface area (Å²) >= 11 is 0. The number of aliphatic imine (C=N–C) groups is 1. The molecule has 1 fully saturated rings. The summed E-state index contributed by atoms with van der Waals surface area (Å²) in [5, 5.41) is 0. The molecular formula is C8H13NO2. The summed E-state index contributed by atoms with van der Waals surface area (Å²) in [6.45, 7) is 4.41. The van der Waals surface area contributed by atoms with Crippen LogP contribution in [0.2, 0.25) is 0 Å². The molecule has 1 aliphatic rings. The van der Waals surface area contributed by atoms with Crippen LogP contribution in [0.4, 0.5) is 0 Å². The largest absolute Gasteiger partial charge is 0.380 e. The molecule has 0 N–H and O–H groups in total. The van der Waals surface area contributed by atoms with E-state index in [1.54, 1.807) is 6.08 Å². The van der Waals surface area contributed by atoms with Gasteiger partial charge < -0.3 is 4.74 Å². The minimum Gasteiger partial charge on any atom is -0.380 e. The maximum Gasteiger partial charge on any atom is 0.234 e. The molecule has 3 heteroatoms. The zero-order valence-corrected chi connectivity index (χ0v) is 6.80. The van der Waals surface area contributed by atoms with Crippen molar-refractivity contribution in [2.45, 2.75) is 19.8 Å². The van der Waals surface area contributed by atoms with Crippen molar-refractivity contribution in [2.75, 3.05) is 19.8 Å². The van der Waals surface area contributed by atoms with Gasteiger partial charge in [-0.25, -0.2) is 9.79 Å². The molecule has 0 radical (unpaired) electrons. The Labute approximate surface area is 66.5 Å². The second kappa shape index (κ2) is 3.65. The second-order valence-electron chi connectivity index (χ2n) is 3.07. The Morgan fingerprint density at radius 3 is 2.73 bits per heavy atom. The summed E-state index contributed by atoms with van der Waals surface area (Å²) in [7, 11) is 0. The molecule has 0 spiro atoms. The van der Waals surface area contributed by atoms with Gasteiger partial charge in [0.1, 0.15) is 0 Å². The van der Waals surface area contributed by atoms with Crippen LogP contribution in [0.25, 0.3) is 0 Å². The molecular weight excluding hydrogens is 142 g/mol. The molecule has 0 amide bonds. The first-order chi connectivity index (χ1) is 5.33. The molecule has 0 saturated carbocycles. The number of hydrogen-bond acceptors (Lipinski definition) is 3. The molecule has 1 heterocycles. The van der Waals surface area contributed by atoms with Gasteiger partial charge in [0.15, 0.2) is 0 Å². The lowest BCUT2D eigenvalue weighted by Gasteiger charge is -2.40. The first kappa shape index (κ1) is 8.44. The lowest BCUT2D eigenvalue weighted by molar-refractivity contribution is -0.117. The molecule has 0 aliphatic carbocycles. The van der Waals surface area contributed by atoms with E-state index in [1.165, 1.54) is 0 Å². The average Bonchev–Trinajstić information content (AvgIpc) is 1.95. The van der Waals surface area contributed by atoms with E-state index in [0.717, 1.165) is 26.1 Å². The van der Waals surface area contributed by atoms with Crippen LogP contribution in [0.1, 0.15) is 19.8 Å². The lowest BCUT2D eigenvalue weighted by Crippen LogP contribution is -2.42. The van der Waals surface area contributed by atoms with Gasteiger partial charge >= 0.3 is 0 Å². The maximum atomic E-state index is 9.76. The second-order valence-corrected chi connectivity index (χ2v) is 3.07. The van der Waals surface area contributed by atoms with Crippen LogP contribution in [0.3, 0.4) is 0 Å². The van der Waals surface area contributed by atoms with E-state index in [-0.39, 0.29) is 0 Å². The summed E-state index contributed by atoms with van der Waals surface area (Å²) in [5.41, 5.74) is 0.320. The fraction of sp³-hybridized carbons (Fsp3) is 0.875. The van der Waals surface area contributed by atoms with Gasteiger partial charge in [-0.1, -0.05) is 6.92 Å². The van der Waals surface area contributed by atoms with E-state index in [2.05, 4.69) is 11.9 Å². The third-order valence-corrected chi connectivity index (χ3v) is 2.38. The topological polar surface area (TPSA) is 38.7 Å². The third kappa shape index (κ3) is 1.88. The highest BCUT2D eigenvalue weighted by Gasteiger charge is 2.35. The van der Waals surface area contributed by atoms with Crippen molar-refractivity contribution in [1.29, 1.82) is 0 Å². The molecule has 0 bridgehead atoms. The summed E-state index contributed by atoms with van der Waals surface area (Å²) in [4.78, 5) is 13.3. The Balaban J connectivity index is 2.26. The average molecular weight is 155 g/mol. The number of carbonyl (C=O) groups excluding carboxylic acids is 1. The Morgan fingerprint density at radius 1 is 1.64 bits per heavy atom. The molecule has 0 aromatic heterocycles. The number of rotatable bonds is 4. The first-order valence-corrected chi connectivity index (χ1v) is 3.94. The van der Waals surface area contributed by atoms with Gasteiger partial charge in [0.05, 0.1) is 19.8 Å². The zero-order valence-electron chi connectivity index (χ0n) is 6.80. The third-order valence-electron chi connectivity index (χ3n) is 2.38. The summed E-state index contributed by atoms with van der Waals surface area (Å²) in [5.74, 6) is 0. The Morgan fingerprint density at radius 2 is 2.36 bits per heavy atom. The van der Waals surface area contributed by atoms with Crippen LogP contribution in [0, 0.1) is 5.41 Å². The van der Waals surface area contributed by atoms with Crippen molar-refractivity contribution < 1.29 is 9.53 Å². The van der Waals surface area contributed by atoms with Crippen LogP contribution >= 0.6 is 0 Å². The summed E-state index contributed by atoms with van der Waals surface area (Å²) < 4.78 is 5.12. The van der Waals surface area contributed by atoms with E-state index in [4.69, 9.17) is 4.74 Å². The Bertz CT molecular complexity index is 163. The maximum absolute atomic E-state index is 9.76. The predicted molar refractivity (Wildman–Crippen MR) is 41.1 cm³/mol. The predicted octanol–water partition coefficient (Wildman–Crippen LogP) is 1.14. The quantitative estimate of drug-likeness (QED) is 0.451. The number of hydrogen-bond donors (Lipinski definition) is 0. The van der Waals surface area contributed by atoms with E-state index in [0.29, 0.717) is 12.0 Å². The van der Waals surface area contributed by atoms with Crippen molar-refractivity contribution >= 4 is 6.08 Å². The van der Waals surface area contributed by atoms with Crippen molar-refractivity contribution in [2.24, 2.45) is 10.4 Å². The van der Waals surface area contributed by atoms with Gasteiger partial charge in [-0.2, -0.15) is 0 Å². The molecule has 62 valence electrons. The van der Waals surface area contributed by atoms with Gasteiger partial charge in [0.25, 0.3) is 0 Å². The van der Waals surface area contributed by atoms with Gasteiger partial charge in [-0.15, -0.1) is 0 Å². The number of isocyanates is 1. The normalized spacial score (nSPS) is 20.1. The standard InChI is InChI=1S/C8H13NO2/c1-2-8(5-11-6-8)3-4-9-7-10/h2-6H2,1H3. The fourth-order valence-electron chi connectivity index (χ4n) is 1.25. The van der Waals surface area contributed by atoms with Gasteiger partial charge in [-0.3, -0.25) is 0 Å². The molecule has 1 saturated heterocycles. The highest BCUT2D eigenvalue weighted by Crippen LogP contribution is 2.34. The van der Waals surface area contributed by atoms with Crippen LogP contribution in [0.15, 0.2) is 4.99 Å². The molecule has 0 atom stereocenters. The van der Waals surface area contributed by atoms with Crippen LogP contribution in [-0.4, -0.2) is 25.8 Å². The minimum absolute atomic E-state index is 0.320. The van der Waals surface area contributed by atoms with Crippen molar-refractivity contribution in [3.63, 3.8) is 0 Å². The van der Waals surface area contributed by atoms with E-state index < -0.39 is 0 Å². The van der Waals surface area contributed by atoms with Crippen LogP contribution < -0.4 is 0 Å². The van der Waals surface area contributed by atoms with Gasteiger partial charge in [0, 0.05) is 5.41 Å². The Hall–Kier alpha value is -0.660. The fourth-order valence-corrected chi connectivity index (χ4v) is 1.25. The van der Waals surface area contributed by atoms with Crippen molar-refractivity contribution in [3.8, 4) is 0 Å². The number of nitrogens with zero attached hydrogens (tertiary/aromatic N) is 1.